The summed E-state index contributed by atoms with van der Waals surface area (Å²) in [5, 5.41) is 1.89. The number of carbonyl (C=O) groups is 1. The molecule has 0 saturated heterocycles. The molecule has 0 saturated carbocycles. The highest BCUT2D eigenvalue weighted by atomic mass is 32.1. The first-order chi connectivity index (χ1) is 12.9. The molecular weight excluding hydrogens is 383 g/mol. The molecule has 0 atom stereocenters. The molecule has 3 rings (SSSR count). The number of halogens is 3. The van der Waals surface area contributed by atoms with Gasteiger partial charge in [0.05, 0.1) is 4.88 Å². The average molecular weight is 395 g/mol. The molecule has 2 aromatic heterocycles. The van der Waals surface area contributed by atoms with Crippen LogP contribution in [0.25, 0.3) is 16.8 Å². The van der Waals surface area contributed by atoms with Gasteiger partial charge in [0.25, 0.3) is 0 Å². The zero-order valence-electron chi connectivity index (χ0n) is 13.6. The monoisotopic (exact) mass is 395 g/mol. The van der Waals surface area contributed by atoms with Crippen molar-refractivity contribution in [1.82, 2.24) is 4.98 Å². The molecule has 9 heteroatoms. The Morgan fingerprint density at radius 2 is 2.00 bits per heavy atom. The van der Waals surface area contributed by atoms with Crippen molar-refractivity contribution in [1.29, 1.82) is 0 Å². The van der Waals surface area contributed by atoms with E-state index in [9.17, 15) is 18.0 Å². The fourth-order valence-corrected chi connectivity index (χ4v) is 2.68. The Morgan fingerprint density at radius 3 is 2.67 bits per heavy atom. The van der Waals surface area contributed by atoms with Gasteiger partial charge >= 0.3 is 12.3 Å². The van der Waals surface area contributed by atoms with Crippen molar-refractivity contribution in [2.75, 3.05) is 0 Å². The maximum Gasteiger partial charge on any atom is 0.573 e. The van der Waals surface area contributed by atoms with Crippen LogP contribution in [0.4, 0.5) is 13.2 Å². The van der Waals surface area contributed by atoms with E-state index in [1.165, 1.54) is 41.9 Å². The predicted octanol–water partition coefficient (Wildman–Crippen LogP) is 5.06. The Kier molecular flexibility index (Phi) is 5.60. The van der Waals surface area contributed by atoms with Crippen molar-refractivity contribution in [2.24, 2.45) is 0 Å². The average Bonchev–Trinajstić information content (AvgIpc) is 3.29. The number of benzene rings is 1. The molecule has 140 valence electrons. The van der Waals surface area contributed by atoms with Gasteiger partial charge in [-0.25, -0.2) is 9.78 Å². The summed E-state index contributed by atoms with van der Waals surface area (Å²) < 4.78 is 50.4. The number of hydrogen-bond donors (Lipinski definition) is 0. The third-order valence-electron chi connectivity index (χ3n) is 3.17. The zero-order chi connectivity index (χ0) is 19.3. The second kappa shape index (κ2) is 8.09. The van der Waals surface area contributed by atoms with Crippen LogP contribution >= 0.6 is 11.3 Å². The van der Waals surface area contributed by atoms with Gasteiger partial charge in [0.15, 0.2) is 0 Å². The minimum atomic E-state index is -4.74. The molecule has 0 bridgehead atoms. The summed E-state index contributed by atoms with van der Waals surface area (Å²) in [6.45, 7) is -0.0591. The summed E-state index contributed by atoms with van der Waals surface area (Å²) >= 11 is 1.48. The Morgan fingerprint density at radius 1 is 1.22 bits per heavy atom. The van der Waals surface area contributed by atoms with Gasteiger partial charge in [-0.1, -0.05) is 18.2 Å². The van der Waals surface area contributed by atoms with E-state index in [0.717, 1.165) is 17.0 Å². The van der Waals surface area contributed by atoms with Crippen molar-refractivity contribution in [3.8, 4) is 16.5 Å². The summed E-state index contributed by atoms with van der Waals surface area (Å²) in [4.78, 5) is 16.8. The molecule has 2 heterocycles. The van der Waals surface area contributed by atoms with E-state index in [1.54, 1.807) is 0 Å². The second-order valence-electron chi connectivity index (χ2n) is 5.18. The summed E-state index contributed by atoms with van der Waals surface area (Å²) in [5.74, 6) is -0.506. The number of hydrogen-bond acceptors (Lipinski definition) is 6. The molecule has 0 spiro atoms. The van der Waals surface area contributed by atoms with Gasteiger partial charge in [-0.2, -0.15) is 0 Å². The van der Waals surface area contributed by atoms with Gasteiger partial charge in [0.1, 0.15) is 24.3 Å². The SMILES string of the molecule is O=C(/C=C/c1ccc(OC(F)(F)F)cc1)OCc1coc(-c2cccs2)n1. The Balaban J connectivity index is 1.50. The Labute approximate surface area is 155 Å². The highest BCUT2D eigenvalue weighted by molar-refractivity contribution is 7.13. The standard InChI is InChI=1S/C18H12F3NO4S/c19-18(20,21)26-14-6-3-12(4-7-14)5-8-16(23)24-10-13-11-25-17(22-13)15-2-1-9-27-15/h1-9,11H,10H2/b8-5+. The third kappa shape index (κ3) is 5.71. The quantitative estimate of drug-likeness (QED) is 0.431. The maximum atomic E-state index is 12.1. The van der Waals surface area contributed by atoms with Crippen molar-refractivity contribution in [3.63, 3.8) is 0 Å². The normalized spacial score (nSPS) is 11.7. The van der Waals surface area contributed by atoms with Crippen LogP contribution < -0.4 is 4.74 Å². The molecule has 27 heavy (non-hydrogen) atoms. The smallest absolute Gasteiger partial charge is 0.456 e. The second-order valence-corrected chi connectivity index (χ2v) is 6.13. The van der Waals surface area contributed by atoms with Crippen LogP contribution in [-0.2, 0) is 16.1 Å². The van der Waals surface area contributed by atoms with Crippen LogP contribution in [0.3, 0.4) is 0 Å². The molecule has 0 unspecified atom stereocenters. The molecule has 0 aliphatic rings. The van der Waals surface area contributed by atoms with Gasteiger partial charge < -0.3 is 13.9 Å². The van der Waals surface area contributed by atoms with Crippen molar-refractivity contribution >= 4 is 23.4 Å². The van der Waals surface area contributed by atoms with Crippen molar-refractivity contribution in [3.05, 3.63) is 65.4 Å². The largest absolute Gasteiger partial charge is 0.573 e. The summed E-state index contributed by atoms with van der Waals surface area (Å²) in [5.41, 5.74) is 0.983. The van der Waals surface area contributed by atoms with Crippen molar-refractivity contribution < 1.29 is 31.9 Å². The lowest BCUT2D eigenvalue weighted by atomic mass is 10.2. The number of ether oxygens (including phenoxy) is 2. The maximum absolute atomic E-state index is 12.1. The van der Waals surface area contributed by atoms with E-state index in [0.29, 0.717) is 17.1 Å². The number of carbonyl (C=O) groups excluding carboxylic acids is 1. The van der Waals surface area contributed by atoms with Crippen LogP contribution in [0.2, 0.25) is 0 Å². The Bertz CT molecular complexity index is 915. The molecule has 3 aromatic rings. The lowest BCUT2D eigenvalue weighted by Gasteiger charge is -2.08. The summed E-state index contributed by atoms with van der Waals surface area (Å²) in [7, 11) is 0. The Hall–Kier alpha value is -3.07. The molecule has 0 N–H and O–H groups in total. The number of alkyl halides is 3. The highest BCUT2D eigenvalue weighted by Crippen LogP contribution is 2.24. The van der Waals surface area contributed by atoms with E-state index in [4.69, 9.17) is 9.15 Å². The number of oxazole rings is 1. The van der Waals surface area contributed by atoms with E-state index in [-0.39, 0.29) is 12.4 Å². The van der Waals surface area contributed by atoms with E-state index >= 15 is 0 Å². The molecule has 0 aliphatic heterocycles. The molecular formula is C18H12F3NO4S. The van der Waals surface area contributed by atoms with Crippen LogP contribution in [0, 0.1) is 0 Å². The predicted molar refractivity (Wildman–Crippen MR) is 91.8 cm³/mol. The van der Waals surface area contributed by atoms with E-state index in [1.807, 2.05) is 17.5 Å². The first-order valence-corrected chi connectivity index (χ1v) is 8.46. The fourth-order valence-electron chi connectivity index (χ4n) is 2.02. The minimum Gasteiger partial charge on any atom is -0.456 e. The van der Waals surface area contributed by atoms with Gasteiger partial charge in [0, 0.05) is 6.08 Å². The molecule has 0 radical (unpaired) electrons. The van der Waals surface area contributed by atoms with Crippen molar-refractivity contribution in [2.45, 2.75) is 13.0 Å². The minimum absolute atomic E-state index is 0.0591. The molecule has 0 aliphatic carbocycles. The van der Waals surface area contributed by atoms with Crippen LogP contribution in [0.15, 0.2) is 58.5 Å². The topological polar surface area (TPSA) is 61.6 Å². The van der Waals surface area contributed by atoms with Crippen LogP contribution in [0.5, 0.6) is 5.75 Å². The van der Waals surface area contributed by atoms with Gasteiger partial charge in [-0.15, -0.1) is 24.5 Å². The van der Waals surface area contributed by atoms with E-state index < -0.39 is 12.3 Å². The number of esters is 1. The van der Waals surface area contributed by atoms with Crippen LogP contribution in [-0.4, -0.2) is 17.3 Å². The summed E-state index contributed by atoms with van der Waals surface area (Å²) in [6, 6.07) is 8.81. The summed E-state index contributed by atoms with van der Waals surface area (Å²) in [6.07, 6.45) is -0.753. The number of rotatable bonds is 6. The van der Waals surface area contributed by atoms with Crippen LogP contribution in [0.1, 0.15) is 11.3 Å². The van der Waals surface area contributed by atoms with Gasteiger partial charge in [-0.3, -0.25) is 0 Å². The first kappa shape index (κ1) is 18.7. The number of aromatic nitrogens is 1. The first-order valence-electron chi connectivity index (χ1n) is 7.58. The number of thiophene rings is 1. The highest BCUT2D eigenvalue weighted by Gasteiger charge is 2.30. The lowest BCUT2D eigenvalue weighted by molar-refractivity contribution is -0.274. The molecule has 5 nitrogen and oxygen atoms in total. The van der Waals surface area contributed by atoms with E-state index in [2.05, 4.69) is 9.72 Å². The van der Waals surface area contributed by atoms with Gasteiger partial charge in [0.2, 0.25) is 5.89 Å². The molecule has 1 aromatic carbocycles. The zero-order valence-corrected chi connectivity index (χ0v) is 14.4. The third-order valence-corrected chi connectivity index (χ3v) is 4.03. The fraction of sp³-hybridized carbons (Fsp3) is 0.111. The lowest BCUT2D eigenvalue weighted by Crippen LogP contribution is -2.16. The molecule has 0 amide bonds. The molecule has 0 fully saturated rings. The number of nitrogens with zero attached hydrogens (tertiary/aromatic N) is 1. The van der Waals surface area contributed by atoms with Gasteiger partial charge in [-0.05, 0) is 35.2 Å².